The van der Waals surface area contributed by atoms with E-state index in [2.05, 4.69) is 19.6 Å². The van der Waals surface area contributed by atoms with Crippen molar-refractivity contribution in [2.75, 3.05) is 0 Å². The van der Waals surface area contributed by atoms with Crippen LogP contribution in [0.1, 0.15) is 43.7 Å². The van der Waals surface area contributed by atoms with Gasteiger partial charge in [0.25, 0.3) is 0 Å². The minimum Gasteiger partial charge on any atom is -0.508 e. The lowest BCUT2D eigenvalue weighted by molar-refractivity contribution is 0.167. The van der Waals surface area contributed by atoms with Crippen molar-refractivity contribution in [2.45, 2.75) is 45.1 Å². The number of fused-ring (bicyclic) bond motifs is 4. The smallest absolute Gasteiger partial charge is 0.115 e. The number of benzene rings is 1. The molecule has 110 valence electrons. The molecule has 0 amide bonds. The normalized spacial score (nSPS) is 34.5. The Bertz CT molecular complexity index is 670. The van der Waals surface area contributed by atoms with E-state index in [1.807, 2.05) is 6.07 Å². The minimum atomic E-state index is -0.340. The van der Waals surface area contributed by atoms with Gasteiger partial charge in [-0.05, 0) is 71.9 Å². The predicted molar refractivity (Wildman–Crippen MR) is 83.9 cm³/mol. The highest BCUT2D eigenvalue weighted by atomic mass is 16.3. The van der Waals surface area contributed by atoms with Crippen molar-refractivity contribution in [2.24, 2.45) is 11.3 Å². The Balaban J connectivity index is 1.86. The number of allylic oxidation sites excluding steroid dienone is 2. The van der Waals surface area contributed by atoms with Gasteiger partial charge in [-0.25, -0.2) is 0 Å². The third-order valence-electron chi connectivity index (χ3n) is 5.92. The lowest BCUT2D eigenvalue weighted by Gasteiger charge is -2.42. The molecule has 2 N–H and O–H groups in total. The maximum Gasteiger partial charge on any atom is 0.115 e. The summed E-state index contributed by atoms with van der Waals surface area (Å²) in [5, 5.41) is 19.9. The first-order valence-corrected chi connectivity index (χ1v) is 7.90. The van der Waals surface area contributed by atoms with E-state index < -0.39 is 0 Å². The van der Waals surface area contributed by atoms with E-state index in [0.29, 0.717) is 11.7 Å². The molecule has 1 saturated carbocycles. The van der Waals surface area contributed by atoms with Crippen molar-refractivity contribution in [3.63, 3.8) is 0 Å². The average molecular weight is 282 g/mol. The molecule has 3 aliphatic rings. The van der Waals surface area contributed by atoms with Crippen molar-refractivity contribution < 1.29 is 10.2 Å². The van der Waals surface area contributed by atoms with Gasteiger partial charge in [-0.3, -0.25) is 0 Å². The van der Waals surface area contributed by atoms with Gasteiger partial charge in [0.05, 0.1) is 6.10 Å². The van der Waals surface area contributed by atoms with Crippen LogP contribution in [0.15, 0.2) is 35.9 Å². The summed E-state index contributed by atoms with van der Waals surface area (Å²) in [7, 11) is 0. The number of aromatic hydroxyl groups is 1. The van der Waals surface area contributed by atoms with Gasteiger partial charge in [0.15, 0.2) is 0 Å². The van der Waals surface area contributed by atoms with Crippen LogP contribution in [0.25, 0.3) is 5.57 Å². The Morgan fingerprint density at radius 1 is 1.24 bits per heavy atom. The van der Waals surface area contributed by atoms with Crippen molar-refractivity contribution >= 4 is 5.57 Å². The maximum atomic E-state index is 10.3. The van der Waals surface area contributed by atoms with Crippen molar-refractivity contribution in [1.29, 1.82) is 0 Å². The first-order valence-electron chi connectivity index (χ1n) is 7.90. The lowest BCUT2D eigenvalue weighted by atomic mass is 9.62. The standard InChI is InChI=1S/C19H22O2/c1-11-17(21)10-19(2)8-7-15-14-6-4-13(20)9-12(14)3-5-16(15)18(11)19/h4,6,9,17-18,20-21H,1,3,5,7-8,10H2,2H3/t17-,18?,19+/m0/s1. The first-order chi connectivity index (χ1) is 9.99. The van der Waals surface area contributed by atoms with E-state index in [-0.39, 0.29) is 11.5 Å². The average Bonchev–Trinajstić information content (AvgIpc) is 2.68. The zero-order valence-electron chi connectivity index (χ0n) is 12.5. The van der Waals surface area contributed by atoms with Gasteiger partial charge in [-0.2, -0.15) is 0 Å². The zero-order chi connectivity index (χ0) is 14.8. The molecule has 0 heterocycles. The molecule has 0 spiro atoms. The van der Waals surface area contributed by atoms with E-state index in [0.717, 1.165) is 37.7 Å². The summed E-state index contributed by atoms with van der Waals surface area (Å²) >= 11 is 0. The molecular formula is C19H22O2. The zero-order valence-corrected chi connectivity index (χ0v) is 12.5. The minimum absolute atomic E-state index is 0.184. The number of phenols is 1. The molecule has 1 fully saturated rings. The van der Waals surface area contributed by atoms with Crippen molar-refractivity contribution in [3.8, 4) is 5.75 Å². The van der Waals surface area contributed by atoms with Crippen LogP contribution in [-0.2, 0) is 6.42 Å². The van der Waals surface area contributed by atoms with E-state index in [1.165, 1.54) is 22.3 Å². The fraction of sp³-hybridized carbons (Fsp3) is 0.474. The SMILES string of the molecule is C=C1C2C3=C(CC[C@]2(C)C[C@@H]1O)c1ccc(O)cc1CC3. The third-order valence-corrected chi connectivity index (χ3v) is 5.92. The first kappa shape index (κ1) is 13.1. The van der Waals surface area contributed by atoms with Crippen LogP contribution in [0.2, 0.25) is 0 Å². The monoisotopic (exact) mass is 282 g/mol. The number of hydrogen-bond donors (Lipinski definition) is 2. The topological polar surface area (TPSA) is 40.5 Å². The van der Waals surface area contributed by atoms with Crippen molar-refractivity contribution in [3.05, 3.63) is 47.1 Å². The van der Waals surface area contributed by atoms with E-state index >= 15 is 0 Å². The lowest BCUT2D eigenvalue weighted by Crippen LogP contribution is -2.30. The number of aliphatic hydroxyl groups is 1. The molecule has 1 aromatic rings. The summed E-state index contributed by atoms with van der Waals surface area (Å²) in [6.45, 7) is 6.52. The predicted octanol–water partition coefficient (Wildman–Crippen LogP) is 3.83. The Kier molecular flexibility index (Phi) is 2.65. The largest absolute Gasteiger partial charge is 0.508 e. The second kappa shape index (κ2) is 4.23. The number of aryl methyl sites for hydroxylation is 1. The van der Waals surface area contributed by atoms with Crippen LogP contribution >= 0.6 is 0 Å². The quantitative estimate of drug-likeness (QED) is 0.710. The molecule has 3 aliphatic carbocycles. The van der Waals surface area contributed by atoms with Crippen LogP contribution in [0.5, 0.6) is 5.75 Å². The molecule has 2 nitrogen and oxygen atoms in total. The highest BCUT2D eigenvalue weighted by Gasteiger charge is 2.50. The summed E-state index contributed by atoms with van der Waals surface area (Å²) in [5.41, 5.74) is 6.74. The highest BCUT2D eigenvalue weighted by molar-refractivity contribution is 5.76. The summed E-state index contributed by atoms with van der Waals surface area (Å²) in [5.74, 6) is 0.706. The summed E-state index contributed by atoms with van der Waals surface area (Å²) < 4.78 is 0. The molecule has 0 bridgehead atoms. The Hall–Kier alpha value is -1.54. The Morgan fingerprint density at radius 3 is 2.86 bits per heavy atom. The molecule has 2 heteroatoms. The molecule has 0 radical (unpaired) electrons. The fourth-order valence-electron chi connectivity index (χ4n) is 4.92. The molecule has 1 aromatic carbocycles. The summed E-state index contributed by atoms with van der Waals surface area (Å²) in [4.78, 5) is 0. The van der Waals surface area contributed by atoms with Crippen LogP contribution in [0.3, 0.4) is 0 Å². The second-order valence-electron chi connectivity index (χ2n) is 7.23. The van der Waals surface area contributed by atoms with Gasteiger partial charge in [0.1, 0.15) is 5.75 Å². The summed E-state index contributed by atoms with van der Waals surface area (Å²) in [6, 6.07) is 5.77. The van der Waals surface area contributed by atoms with Crippen LogP contribution < -0.4 is 0 Å². The number of phenolic OH excluding ortho intramolecular Hbond substituents is 1. The van der Waals surface area contributed by atoms with Crippen LogP contribution in [-0.4, -0.2) is 16.3 Å². The molecule has 0 aromatic heterocycles. The fourth-order valence-corrected chi connectivity index (χ4v) is 4.92. The van der Waals surface area contributed by atoms with Crippen molar-refractivity contribution in [1.82, 2.24) is 0 Å². The second-order valence-corrected chi connectivity index (χ2v) is 7.23. The van der Waals surface area contributed by atoms with Crippen LogP contribution in [0.4, 0.5) is 0 Å². The molecule has 4 rings (SSSR count). The van der Waals surface area contributed by atoms with Gasteiger partial charge < -0.3 is 10.2 Å². The van der Waals surface area contributed by atoms with Gasteiger partial charge in [-0.1, -0.05) is 25.1 Å². The van der Waals surface area contributed by atoms with Gasteiger partial charge in [0, 0.05) is 5.92 Å². The number of aliphatic hydroxyl groups excluding tert-OH is 1. The molecule has 0 saturated heterocycles. The van der Waals surface area contributed by atoms with Gasteiger partial charge in [-0.15, -0.1) is 0 Å². The Labute approximate surface area is 125 Å². The third kappa shape index (κ3) is 1.75. The maximum absolute atomic E-state index is 10.3. The highest BCUT2D eigenvalue weighted by Crippen LogP contribution is 2.59. The number of hydrogen-bond acceptors (Lipinski definition) is 2. The van der Waals surface area contributed by atoms with E-state index in [4.69, 9.17) is 0 Å². The molecule has 3 atom stereocenters. The molecule has 0 aliphatic heterocycles. The molecule has 21 heavy (non-hydrogen) atoms. The Morgan fingerprint density at radius 2 is 2.05 bits per heavy atom. The van der Waals surface area contributed by atoms with E-state index in [1.54, 1.807) is 6.07 Å². The van der Waals surface area contributed by atoms with Crippen LogP contribution in [0, 0.1) is 11.3 Å². The molecule has 1 unspecified atom stereocenters. The van der Waals surface area contributed by atoms with Gasteiger partial charge >= 0.3 is 0 Å². The summed E-state index contributed by atoms with van der Waals surface area (Å²) in [6.07, 6.45) is 4.74. The molecular weight excluding hydrogens is 260 g/mol. The van der Waals surface area contributed by atoms with E-state index in [9.17, 15) is 10.2 Å². The van der Waals surface area contributed by atoms with Gasteiger partial charge in [0.2, 0.25) is 0 Å². The number of rotatable bonds is 0.